The fourth-order valence-electron chi connectivity index (χ4n) is 5.88. The molecule has 4 heterocycles. The molecule has 6 rings (SSSR count). The second kappa shape index (κ2) is 10.1. The van der Waals surface area contributed by atoms with Crippen molar-refractivity contribution >= 4 is 28.0 Å². The molecular weight excluding hydrogens is 496 g/mol. The third-order valence-corrected chi connectivity index (χ3v) is 8.30. The monoisotopic (exact) mass is 534 g/mol. The van der Waals surface area contributed by atoms with E-state index in [0.717, 1.165) is 36.2 Å². The Morgan fingerprint density at radius 2 is 1.92 bits per heavy atom. The zero-order chi connectivity index (χ0) is 27.3. The lowest BCUT2D eigenvalue weighted by Crippen LogP contribution is -2.41. The fraction of sp³-hybridized carbons (Fsp3) is 0.571. The van der Waals surface area contributed by atoms with Crippen LogP contribution < -0.4 is 11.1 Å². The van der Waals surface area contributed by atoms with Crippen molar-refractivity contribution in [3.63, 3.8) is 0 Å². The Morgan fingerprint density at radius 1 is 1.10 bits per heavy atom. The maximum Gasteiger partial charge on any atom is 0.167 e. The number of hydrogen-bond acceptors (Lipinski definition) is 9. The normalized spacial score (nSPS) is 27.4. The number of aliphatic hydroxyl groups is 2. The number of nitrogens with zero attached hydrogens (tertiary/aromatic N) is 5. The number of aromatic amines is 1. The van der Waals surface area contributed by atoms with Crippen molar-refractivity contribution in [2.24, 2.45) is 11.8 Å². The number of benzene rings is 1. The Bertz CT molecular complexity index is 1450. The molecule has 39 heavy (non-hydrogen) atoms. The van der Waals surface area contributed by atoms with E-state index in [4.69, 9.17) is 15.5 Å². The predicted octanol–water partition coefficient (Wildman–Crippen LogP) is 2.45. The minimum absolute atomic E-state index is 0.122. The Morgan fingerprint density at radius 3 is 2.72 bits per heavy atom. The molecule has 0 spiro atoms. The van der Waals surface area contributed by atoms with Gasteiger partial charge >= 0.3 is 0 Å². The highest BCUT2D eigenvalue weighted by Crippen LogP contribution is 2.37. The van der Waals surface area contributed by atoms with Crippen LogP contribution in [0.4, 0.5) is 5.82 Å². The smallest absolute Gasteiger partial charge is 0.167 e. The molecule has 0 radical (unpaired) electrons. The number of nitrogens with two attached hydrogens (primary N) is 1. The third-order valence-electron chi connectivity index (χ3n) is 8.30. The Balaban J connectivity index is 0.948. The van der Waals surface area contributed by atoms with Crippen molar-refractivity contribution in [1.29, 1.82) is 0 Å². The predicted molar refractivity (Wildman–Crippen MR) is 148 cm³/mol. The average Bonchev–Trinajstić information content (AvgIpc) is 3.56. The van der Waals surface area contributed by atoms with Crippen LogP contribution in [0.3, 0.4) is 0 Å². The number of nitrogen functional groups attached to an aromatic ring is 1. The molecule has 0 unspecified atom stereocenters. The second-order valence-corrected chi connectivity index (χ2v) is 12.2. The zero-order valence-corrected chi connectivity index (χ0v) is 22.7. The van der Waals surface area contributed by atoms with Crippen LogP contribution in [0.2, 0.25) is 0 Å². The summed E-state index contributed by atoms with van der Waals surface area (Å²) in [4.78, 5) is 20.7. The van der Waals surface area contributed by atoms with Gasteiger partial charge in [-0.05, 0) is 60.8 Å². The molecule has 4 atom stereocenters. The number of rotatable bonds is 8. The van der Waals surface area contributed by atoms with Gasteiger partial charge in [-0.15, -0.1) is 0 Å². The second-order valence-electron chi connectivity index (χ2n) is 12.2. The van der Waals surface area contributed by atoms with Gasteiger partial charge in [-0.2, -0.15) is 0 Å². The molecule has 0 amide bonds. The van der Waals surface area contributed by atoms with Gasteiger partial charge in [0.05, 0.1) is 17.4 Å². The Kier molecular flexibility index (Phi) is 6.78. The van der Waals surface area contributed by atoms with E-state index in [1.54, 1.807) is 4.57 Å². The zero-order valence-electron chi connectivity index (χ0n) is 22.7. The molecule has 1 saturated carbocycles. The topological polar surface area (TPSA) is 160 Å². The molecular formula is C28H38N8O3. The first-order valence-corrected chi connectivity index (χ1v) is 13.8. The van der Waals surface area contributed by atoms with E-state index in [1.807, 2.05) is 0 Å². The van der Waals surface area contributed by atoms with Crippen molar-refractivity contribution in [3.05, 3.63) is 42.2 Å². The number of aliphatic hydroxyl groups excluding tert-OH is 2. The Hall–Kier alpha value is -3.12. The van der Waals surface area contributed by atoms with Crippen molar-refractivity contribution in [3.8, 4) is 0 Å². The lowest BCUT2D eigenvalue weighted by molar-refractivity contribution is -0.0346. The molecule has 6 N–H and O–H groups in total. The van der Waals surface area contributed by atoms with Gasteiger partial charge in [-0.25, -0.2) is 19.9 Å². The molecule has 1 aliphatic carbocycles. The number of hydrogen-bond donors (Lipinski definition) is 5. The van der Waals surface area contributed by atoms with Crippen molar-refractivity contribution in [1.82, 2.24) is 34.8 Å². The molecule has 11 heteroatoms. The van der Waals surface area contributed by atoms with Crippen LogP contribution in [-0.2, 0) is 16.6 Å². The molecule has 4 aromatic rings. The summed E-state index contributed by atoms with van der Waals surface area (Å²) in [6.07, 6.45) is 3.87. The minimum Gasteiger partial charge on any atom is -0.387 e. The summed E-state index contributed by atoms with van der Waals surface area (Å²) in [5.74, 6) is 2.64. The van der Waals surface area contributed by atoms with Gasteiger partial charge < -0.3 is 31.0 Å². The van der Waals surface area contributed by atoms with Crippen LogP contribution in [0.15, 0.2) is 30.9 Å². The largest absolute Gasteiger partial charge is 0.387 e. The van der Waals surface area contributed by atoms with E-state index in [0.29, 0.717) is 29.5 Å². The molecule has 0 bridgehead atoms. The van der Waals surface area contributed by atoms with Gasteiger partial charge in [0.1, 0.15) is 36.0 Å². The molecule has 208 valence electrons. The van der Waals surface area contributed by atoms with Crippen LogP contribution >= 0.6 is 0 Å². The van der Waals surface area contributed by atoms with Crippen LogP contribution in [0.1, 0.15) is 57.6 Å². The SMILES string of the molecule is CC(C)(C)c1ccc2nc(CCC3CC(CNC[C@H]4O[C@@H](n5cnc6c(N)ncnc65)[C@H](O)[C@@H]4O)C3)[nH]c2c1. The number of anilines is 1. The summed E-state index contributed by atoms with van der Waals surface area (Å²) < 4.78 is 7.62. The van der Waals surface area contributed by atoms with Crippen molar-refractivity contribution in [2.45, 2.75) is 76.4 Å². The lowest BCUT2D eigenvalue weighted by Gasteiger charge is -2.35. The minimum atomic E-state index is -1.10. The van der Waals surface area contributed by atoms with Gasteiger partial charge in [0.2, 0.25) is 0 Å². The number of aromatic nitrogens is 6. The number of fused-ring (bicyclic) bond motifs is 2. The lowest BCUT2D eigenvalue weighted by atomic mass is 9.72. The van der Waals surface area contributed by atoms with E-state index < -0.39 is 24.5 Å². The first-order valence-electron chi connectivity index (χ1n) is 13.8. The van der Waals surface area contributed by atoms with Crippen molar-refractivity contribution in [2.75, 3.05) is 18.8 Å². The van der Waals surface area contributed by atoms with E-state index in [-0.39, 0.29) is 11.2 Å². The van der Waals surface area contributed by atoms with Crippen LogP contribution in [0.5, 0.6) is 0 Å². The summed E-state index contributed by atoms with van der Waals surface area (Å²) in [6.45, 7) is 8.00. The number of ether oxygens (including phenoxy) is 1. The molecule has 11 nitrogen and oxygen atoms in total. The number of aryl methyl sites for hydroxylation is 1. The van der Waals surface area contributed by atoms with E-state index >= 15 is 0 Å². The van der Waals surface area contributed by atoms with Gasteiger partial charge in [-0.3, -0.25) is 4.57 Å². The number of nitrogens with one attached hydrogen (secondary N) is 2. The summed E-state index contributed by atoms with van der Waals surface area (Å²) >= 11 is 0. The quantitative estimate of drug-likeness (QED) is 0.229. The van der Waals surface area contributed by atoms with E-state index in [9.17, 15) is 10.2 Å². The molecule has 1 saturated heterocycles. The van der Waals surface area contributed by atoms with Gasteiger partial charge in [0.15, 0.2) is 17.7 Å². The molecule has 2 aliphatic rings. The van der Waals surface area contributed by atoms with E-state index in [2.05, 4.69) is 64.2 Å². The van der Waals surface area contributed by atoms with Crippen molar-refractivity contribution < 1.29 is 14.9 Å². The summed E-state index contributed by atoms with van der Waals surface area (Å²) in [6, 6.07) is 6.53. The highest BCUT2D eigenvalue weighted by Gasteiger charge is 2.44. The molecule has 2 fully saturated rings. The van der Waals surface area contributed by atoms with Crippen LogP contribution in [-0.4, -0.2) is 71.1 Å². The first kappa shape index (κ1) is 26.1. The maximum atomic E-state index is 10.6. The van der Waals surface area contributed by atoms with Crippen LogP contribution in [0, 0.1) is 11.8 Å². The third kappa shape index (κ3) is 5.11. The first-order chi connectivity index (χ1) is 18.7. The summed E-state index contributed by atoms with van der Waals surface area (Å²) in [7, 11) is 0. The molecule has 1 aromatic carbocycles. The average molecular weight is 535 g/mol. The molecule has 3 aromatic heterocycles. The highest BCUT2D eigenvalue weighted by molar-refractivity contribution is 5.81. The highest BCUT2D eigenvalue weighted by atomic mass is 16.6. The standard InChI is InChI=1S/C28H38N8O3/c1-28(2,3)17-5-6-18-19(10-17)35-21(34-18)7-4-15-8-16(9-15)11-30-12-20-23(37)24(38)27(39-20)36-14-33-22-25(29)31-13-32-26(22)36/h5-6,10,13-16,20,23-24,27,30,37-38H,4,7-9,11-12H2,1-3H3,(H,34,35)(H2,29,31,32)/t15?,16?,20-,23-,24-,27-/m1/s1. The van der Waals surface area contributed by atoms with Crippen LogP contribution in [0.25, 0.3) is 22.2 Å². The molecule has 1 aliphatic heterocycles. The summed E-state index contributed by atoms with van der Waals surface area (Å²) in [5, 5.41) is 24.7. The van der Waals surface area contributed by atoms with Gasteiger partial charge in [0, 0.05) is 13.0 Å². The fourth-order valence-corrected chi connectivity index (χ4v) is 5.88. The maximum absolute atomic E-state index is 10.6. The van der Waals surface area contributed by atoms with Gasteiger partial charge in [-0.1, -0.05) is 26.8 Å². The summed E-state index contributed by atoms with van der Waals surface area (Å²) in [5.41, 5.74) is 10.4. The number of H-pyrrole nitrogens is 1. The number of imidazole rings is 2. The van der Waals surface area contributed by atoms with E-state index in [1.165, 1.54) is 31.1 Å². The van der Waals surface area contributed by atoms with Gasteiger partial charge in [0.25, 0.3) is 0 Å². The Labute approximate surface area is 227 Å².